The van der Waals surface area contributed by atoms with Crippen LogP contribution in [0.25, 0.3) is 0 Å². The minimum atomic E-state index is -1.75. The molecule has 0 atom stereocenters. The van der Waals surface area contributed by atoms with E-state index in [1.54, 1.807) is 48.5 Å². The van der Waals surface area contributed by atoms with Gasteiger partial charge in [-0.15, -0.1) is 0 Å². The van der Waals surface area contributed by atoms with Crippen LogP contribution in [0.4, 0.5) is 8.63 Å². The highest BCUT2D eigenvalue weighted by molar-refractivity contribution is 6.15. The van der Waals surface area contributed by atoms with Crippen molar-refractivity contribution < 1.29 is 18.2 Å². The van der Waals surface area contributed by atoms with E-state index >= 15 is 0 Å². The number of carbonyl (C=O) groups is 2. The molecule has 0 saturated carbocycles. The number of halogens is 2. The third-order valence-corrected chi connectivity index (χ3v) is 2.75. The van der Waals surface area contributed by atoms with Gasteiger partial charge < -0.3 is 0 Å². The van der Waals surface area contributed by atoms with Gasteiger partial charge in [0, 0.05) is 11.1 Å². The van der Waals surface area contributed by atoms with Crippen molar-refractivity contribution >= 4 is 19.4 Å². The summed E-state index contributed by atoms with van der Waals surface area (Å²) in [6, 6.07) is 17.0. The molecule has 0 saturated heterocycles. The minimum absolute atomic E-state index is 0.157. The summed E-state index contributed by atoms with van der Waals surface area (Å²) in [7, 11) is -1.75. The van der Waals surface area contributed by atoms with Gasteiger partial charge in [0.1, 0.15) is 0 Å². The number of hydrogen-bond donors (Lipinski definition) is 0. The molecule has 2 aromatic rings. The molecule has 0 N–H and O–H groups in total. The van der Waals surface area contributed by atoms with Crippen molar-refractivity contribution in [3.8, 4) is 6.07 Å². The Morgan fingerprint density at radius 2 is 1.36 bits per heavy atom. The summed E-state index contributed by atoms with van der Waals surface area (Å²) >= 11 is 0. The van der Waals surface area contributed by atoms with Crippen molar-refractivity contribution in [1.29, 1.82) is 5.26 Å². The number of benzene rings is 2. The molecule has 0 heterocycles. The van der Waals surface area contributed by atoms with E-state index < -0.39 is 7.83 Å². The van der Waals surface area contributed by atoms with Crippen LogP contribution in [0.15, 0.2) is 54.6 Å². The molecule has 0 radical (unpaired) electrons. The number of ketones is 2. The van der Waals surface area contributed by atoms with Crippen LogP contribution >= 0.6 is 0 Å². The van der Waals surface area contributed by atoms with E-state index in [1.807, 2.05) is 12.1 Å². The van der Waals surface area contributed by atoms with E-state index in [4.69, 9.17) is 5.26 Å². The summed E-state index contributed by atoms with van der Waals surface area (Å²) in [6.45, 7) is 0. The maximum Gasteiger partial charge on any atom is 0.521 e. The second kappa shape index (κ2) is 9.19. The van der Waals surface area contributed by atoms with Gasteiger partial charge in [0.05, 0.1) is 18.1 Å². The molecule has 110 valence electrons. The van der Waals surface area contributed by atoms with Gasteiger partial charge in [-0.1, -0.05) is 42.5 Å². The average Bonchev–Trinajstić information content (AvgIpc) is 2.56. The minimum Gasteiger partial charge on any atom is -0.294 e. The molecule has 0 fully saturated rings. The first kappa shape index (κ1) is 17.2. The molecule has 0 unspecified atom stereocenters. The van der Waals surface area contributed by atoms with Gasteiger partial charge in [0.25, 0.3) is 0 Å². The van der Waals surface area contributed by atoms with Crippen LogP contribution in [0.5, 0.6) is 0 Å². The molecule has 0 bridgehead atoms. The molecule has 6 heteroatoms. The summed E-state index contributed by atoms with van der Waals surface area (Å²) in [5, 5.41) is 8.67. The Morgan fingerprint density at radius 3 is 1.82 bits per heavy atom. The molecule has 0 aliphatic carbocycles. The number of nitriles is 1. The molecule has 0 spiro atoms. The van der Waals surface area contributed by atoms with Crippen LogP contribution in [0, 0.1) is 11.3 Å². The summed E-state index contributed by atoms with van der Waals surface area (Å²) in [6.07, 6.45) is -0.157. The Morgan fingerprint density at radius 1 is 0.909 bits per heavy atom. The van der Waals surface area contributed by atoms with Crippen molar-refractivity contribution in [3.05, 3.63) is 71.3 Å². The number of rotatable bonds is 4. The standard InChI is InChI=1S/C16H11NO2.BF2H/c17-11-12-6-8-14(9-7-12)16(19)10-15(18)13-4-2-1-3-5-13;2-1-3/h1-9H,10H2;1H. The molecule has 0 aromatic heterocycles. The lowest BCUT2D eigenvalue weighted by molar-refractivity contribution is 0.0894. The van der Waals surface area contributed by atoms with E-state index in [0.29, 0.717) is 16.7 Å². The molecule has 2 aromatic carbocycles. The second-order valence-corrected chi connectivity index (χ2v) is 4.18. The van der Waals surface area contributed by atoms with E-state index in [2.05, 4.69) is 0 Å². The van der Waals surface area contributed by atoms with Gasteiger partial charge in [-0.2, -0.15) is 5.26 Å². The lowest BCUT2D eigenvalue weighted by Gasteiger charge is -2.01. The zero-order valence-corrected chi connectivity index (χ0v) is 11.6. The van der Waals surface area contributed by atoms with Crippen LogP contribution in [-0.2, 0) is 0 Å². The van der Waals surface area contributed by atoms with Gasteiger partial charge >= 0.3 is 7.83 Å². The highest BCUT2D eigenvalue weighted by Crippen LogP contribution is 2.10. The Balaban J connectivity index is 0.000000745. The van der Waals surface area contributed by atoms with Crippen LogP contribution in [0.1, 0.15) is 32.7 Å². The van der Waals surface area contributed by atoms with E-state index in [9.17, 15) is 18.2 Å². The SMILES string of the molecule is FBF.N#Cc1ccc(C(=O)CC(=O)c2ccccc2)cc1. The van der Waals surface area contributed by atoms with Gasteiger partial charge in [0.2, 0.25) is 0 Å². The Bertz CT molecular complexity index is 667. The fourth-order valence-corrected chi connectivity index (χ4v) is 1.70. The quantitative estimate of drug-likeness (QED) is 0.495. The van der Waals surface area contributed by atoms with Crippen LogP contribution in [0.3, 0.4) is 0 Å². The number of nitrogens with zero attached hydrogens (tertiary/aromatic N) is 1. The van der Waals surface area contributed by atoms with Gasteiger partial charge in [-0.3, -0.25) is 18.2 Å². The first-order valence-corrected chi connectivity index (χ1v) is 6.36. The Kier molecular flexibility index (Phi) is 7.20. The zero-order chi connectivity index (χ0) is 16.4. The molecular formula is C16H12BF2NO2. The maximum atomic E-state index is 11.9. The topological polar surface area (TPSA) is 57.9 Å². The zero-order valence-electron chi connectivity index (χ0n) is 11.6. The highest BCUT2D eigenvalue weighted by Gasteiger charge is 2.13. The number of hydrogen-bond acceptors (Lipinski definition) is 3. The average molecular weight is 299 g/mol. The Hall–Kier alpha value is -2.81. The van der Waals surface area contributed by atoms with E-state index in [-0.39, 0.29) is 18.0 Å². The third kappa shape index (κ3) is 5.29. The van der Waals surface area contributed by atoms with E-state index in [1.165, 1.54) is 0 Å². The van der Waals surface area contributed by atoms with Gasteiger partial charge in [-0.05, 0) is 12.1 Å². The number of Topliss-reactive ketones (excluding diaryl/α,β-unsaturated/α-hetero) is 2. The van der Waals surface area contributed by atoms with Gasteiger partial charge in [-0.25, -0.2) is 0 Å². The molecular weight excluding hydrogens is 287 g/mol. The molecule has 2 rings (SSSR count). The monoisotopic (exact) mass is 299 g/mol. The summed E-state index contributed by atoms with van der Waals surface area (Å²) in [4.78, 5) is 23.8. The maximum absolute atomic E-state index is 11.9. The van der Waals surface area contributed by atoms with Crippen molar-refractivity contribution in [2.24, 2.45) is 0 Å². The van der Waals surface area contributed by atoms with Crippen molar-refractivity contribution in [2.75, 3.05) is 0 Å². The van der Waals surface area contributed by atoms with Crippen molar-refractivity contribution in [3.63, 3.8) is 0 Å². The van der Waals surface area contributed by atoms with Crippen LogP contribution in [0.2, 0.25) is 0 Å². The van der Waals surface area contributed by atoms with Crippen molar-refractivity contribution in [1.82, 2.24) is 0 Å². The fraction of sp³-hybridized carbons (Fsp3) is 0.0625. The molecule has 0 aliphatic heterocycles. The second-order valence-electron chi connectivity index (χ2n) is 4.18. The molecule has 0 amide bonds. The summed E-state index contributed by atoms with van der Waals surface area (Å²) < 4.78 is 19.2. The smallest absolute Gasteiger partial charge is 0.294 e. The first-order valence-electron chi connectivity index (χ1n) is 6.36. The Labute approximate surface area is 127 Å². The van der Waals surface area contributed by atoms with E-state index in [0.717, 1.165) is 0 Å². The fourth-order valence-electron chi connectivity index (χ4n) is 1.70. The van der Waals surface area contributed by atoms with Gasteiger partial charge in [0.15, 0.2) is 11.6 Å². The predicted octanol–water partition coefficient (Wildman–Crippen LogP) is 3.21. The lowest BCUT2D eigenvalue weighted by atomic mass is 10.0. The van der Waals surface area contributed by atoms with Crippen LogP contribution in [-0.4, -0.2) is 19.4 Å². The third-order valence-electron chi connectivity index (χ3n) is 2.75. The summed E-state index contributed by atoms with van der Waals surface area (Å²) in [5.74, 6) is -0.437. The normalized spacial score (nSPS) is 8.95. The van der Waals surface area contributed by atoms with Crippen molar-refractivity contribution in [2.45, 2.75) is 6.42 Å². The molecule has 3 nitrogen and oxygen atoms in total. The number of carbonyl (C=O) groups excluding carboxylic acids is 2. The van der Waals surface area contributed by atoms with Crippen LogP contribution < -0.4 is 0 Å². The molecule has 0 aliphatic rings. The largest absolute Gasteiger partial charge is 0.521 e. The first-order chi connectivity index (χ1) is 10.6. The summed E-state index contributed by atoms with van der Waals surface area (Å²) in [5.41, 5.74) is 1.47. The predicted molar refractivity (Wildman–Crippen MR) is 80.2 cm³/mol. The molecule has 22 heavy (non-hydrogen) atoms. The lowest BCUT2D eigenvalue weighted by Crippen LogP contribution is -2.08. The highest BCUT2D eigenvalue weighted by atomic mass is 19.2.